The number of aliphatic hydroxyl groups is 1. The molecule has 0 aromatic rings. The predicted octanol–water partition coefficient (Wildman–Crippen LogP) is -1.58. The van der Waals surface area contributed by atoms with Crippen LogP contribution in [0, 0.1) is 5.92 Å². The van der Waals surface area contributed by atoms with Crippen molar-refractivity contribution in [2.45, 2.75) is 30.0 Å². The summed E-state index contributed by atoms with van der Waals surface area (Å²) in [4.78, 5) is 23.6. The van der Waals surface area contributed by atoms with E-state index in [1.54, 1.807) is 0 Å². The molecule has 2 aliphatic heterocycles. The minimum absolute atomic E-state index is 0.582. The Labute approximate surface area is 97.9 Å². The summed E-state index contributed by atoms with van der Waals surface area (Å²) in [7, 11) is -3.79. The second-order valence-corrected chi connectivity index (χ2v) is 7.44. The first-order chi connectivity index (χ1) is 7.67. The van der Waals surface area contributed by atoms with Gasteiger partial charge in [0.05, 0.1) is 17.3 Å². The number of nitrogens with zero attached hydrogens (tertiary/aromatic N) is 1. The van der Waals surface area contributed by atoms with Gasteiger partial charge in [0.2, 0.25) is 5.91 Å². The molecule has 0 saturated carbocycles. The molecule has 2 heterocycles. The summed E-state index contributed by atoms with van der Waals surface area (Å²) < 4.78 is 22.7. The van der Waals surface area contributed by atoms with Crippen molar-refractivity contribution in [2.75, 3.05) is 6.61 Å². The van der Waals surface area contributed by atoms with Gasteiger partial charge in [0, 0.05) is 0 Å². The quantitative estimate of drug-likeness (QED) is 0.582. The first-order valence-electron chi connectivity index (χ1n) is 5.07. The minimum atomic E-state index is -3.79. The monoisotopic (exact) mass is 263 g/mol. The Balaban J connectivity index is 2.56. The maximum Gasteiger partial charge on any atom is 0.328 e. The van der Waals surface area contributed by atoms with Gasteiger partial charge in [0.15, 0.2) is 9.84 Å². The van der Waals surface area contributed by atoms with Crippen molar-refractivity contribution in [1.29, 1.82) is 0 Å². The molecule has 17 heavy (non-hydrogen) atoms. The molecule has 3 atom stereocenters. The molecular weight excluding hydrogens is 250 g/mol. The standard InChI is InChI=1S/C9H13NO6S/c1-9(2)5(8(13)14)10-6(12)4(3-11)7(10)17(9,15)16/h4-5,7,11H,3H2,1-2H3,(H,13,14)/t4-,5-,7-/m1/s1. The van der Waals surface area contributed by atoms with E-state index < -0.39 is 50.4 Å². The highest BCUT2D eigenvalue weighted by Gasteiger charge is 2.71. The van der Waals surface area contributed by atoms with Crippen LogP contribution in [0.4, 0.5) is 0 Å². The Morgan fingerprint density at radius 3 is 2.41 bits per heavy atom. The number of carboxylic acids is 1. The highest BCUT2D eigenvalue weighted by molar-refractivity contribution is 7.93. The Kier molecular flexibility index (Phi) is 2.32. The van der Waals surface area contributed by atoms with Crippen molar-refractivity contribution < 1.29 is 28.2 Å². The lowest BCUT2D eigenvalue weighted by Crippen LogP contribution is -2.64. The van der Waals surface area contributed by atoms with Crippen molar-refractivity contribution in [1.82, 2.24) is 4.90 Å². The molecule has 0 unspecified atom stereocenters. The van der Waals surface area contributed by atoms with E-state index in [9.17, 15) is 18.0 Å². The van der Waals surface area contributed by atoms with Crippen LogP contribution in [0.2, 0.25) is 0 Å². The molecular formula is C9H13NO6S. The zero-order valence-corrected chi connectivity index (χ0v) is 10.1. The molecule has 0 spiro atoms. The molecule has 2 aliphatic rings. The molecule has 0 aromatic carbocycles. The highest BCUT2D eigenvalue weighted by atomic mass is 32.2. The van der Waals surface area contributed by atoms with Gasteiger partial charge in [-0.2, -0.15) is 0 Å². The van der Waals surface area contributed by atoms with Crippen LogP contribution in [-0.2, 0) is 19.4 Å². The normalized spacial score (nSPS) is 37.5. The lowest BCUT2D eigenvalue weighted by Gasteiger charge is -2.41. The van der Waals surface area contributed by atoms with Crippen LogP contribution in [0.15, 0.2) is 0 Å². The average molecular weight is 263 g/mol. The molecule has 7 nitrogen and oxygen atoms in total. The zero-order valence-electron chi connectivity index (χ0n) is 9.32. The van der Waals surface area contributed by atoms with Gasteiger partial charge in [-0.25, -0.2) is 13.2 Å². The second kappa shape index (κ2) is 3.20. The van der Waals surface area contributed by atoms with E-state index in [0.29, 0.717) is 0 Å². The van der Waals surface area contributed by atoms with Crippen LogP contribution in [-0.4, -0.2) is 58.2 Å². The summed E-state index contributed by atoms with van der Waals surface area (Å²) in [5, 5.41) is 16.8. The minimum Gasteiger partial charge on any atom is -0.480 e. The van der Waals surface area contributed by atoms with Crippen LogP contribution in [0.1, 0.15) is 13.8 Å². The zero-order chi connectivity index (χ0) is 13.2. The van der Waals surface area contributed by atoms with Gasteiger partial charge in [-0.3, -0.25) is 4.79 Å². The van der Waals surface area contributed by atoms with E-state index in [2.05, 4.69) is 0 Å². The van der Waals surface area contributed by atoms with Crippen LogP contribution in [0.5, 0.6) is 0 Å². The van der Waals surface area contributed by atoms with Crippen LogP contribution >= 0.6 is 0 Å². The smallest absolute Gasteiger partial charge is 0.328 e. The third-order valence-corrected chi connectivity index (χ3v) is 6.49. The van der Waals surface area contributed by atoms with E-state index in [1.165, 1.54) is 13.8 Å². The third kappa shape index (κ3) is 1.17. The fourth-order valence-electron chi connectivity index (χ4n) is 2.58. The van der Waals surface area contributed by atoms with Crippen LogP contribution < -0.4 is 0 Å². The van der Waals surface area contributed by atoms with Crippen molar-refractivity contribution in [3.8, 4) is 0 Å². The first-order valence-corrected chi connectivity index (χ1v) is 6.62. The molecule has 8 heteroatoms. The van der Waals surface area contributed by atoms with Crippen molar-refractivity contribution in [2.24, 2.45) is 5.92 Å². The molecule has 96 valence electrons. The largest absolute Gasteiger partial charge is 0.480 e. The number of hydrogen-bond donors (Lipinski definition) is 2. The predicted molar refractivity (Wildman–Crippen MR) is 55.6 cm³/mol. The molecule has 2 N–H and O–H groups in total. The summed E-state index contributed by atoms with van der Waals surface area (Å²) >= 11 is 0. The maximum atomic E-state index is 12.1. The van der Waals surface area contributed by atoms with Gasteiger partial charge >= 0.3 is 5.97 Å². The summed E-state index contributed by atoms with van der Waals surface area (Å²) in [6.45, 7) is 2.00. The van der Waals surface area contributed by atoms with Crippen LogP contribution in [0.25, 0.3) is 0 Å². The maximum absolute atomic E-state index is 12.1. The van der Waals surface area contributed by atoms with Gasteiger partial charge < -0.3 is 15.1 Å². The lowest BCUT2D eigenvalue weighted by atomic mass is 9.92. The van der Waals surface area contributed by atoms with Gasteiger partial charge in [-0.05, 0) is 13.8 Å². The number of carbonyl (C=O) groups is 2. The highest BCUT2D eigenvalue weighted by Crippen LogP contribution is 2.48. The summed E-state index contributed by atoms with van der Waals surface area (Å²) in [5.74, 6) is -2.98. The number of fused-ring (bicyclic) bond motifs is 1. The van der Waals surface area contributed by atoms with E-state index in [0.717, 1.165) is 4.90 Å². The van der Waals surface area contributed by atoms with E-state index in [1.807, 2.05) is 0 Å². The SMILES string of the molecule is CC1(C)[C@@H](C(=O)O)N2C(=O)[C@@H](CO)[C@H]2S1(=O)=O. The number of sulfone groups is 1. The molecule has 1 amide bonds. The van der Waals surface area contributed by atoms with Gasteiger partial charge in [0.25, 0.3) is 0 Å². The number of hydrogen-bond acceptors (Lipinski definition) is 5. The van der Waals surface area contributed by atoms with Crippen molar-refractivity contribution >= 4 is 21.7 Å². The number of carbonyl (C=O) groups excluding carboxylic acids is 1. The van der Waals surface area contributed by atoms with E-state index in [4.69, 9.17) is 10.2 Å². The van der Waals surface area contributed by atoms with Gasteiger partial charge in [-0.1, -0.05) is 0 Å². The second-order valence-electron chi connectivity index (χ2n) is 4.81. The molecule has 0 radical (unpaired) electrons. The average Bonchev–Trinajstić information content (AvgIpc) is 2.32. The number of β-lactam (4-membered cyclic amide) rings is 1. The van der Waals surface area contributed by atoms with E-state index >= 15 is 0 Å². The molecule has 0 aliphatic carbocycles. The lowest BCUT2D eigenvalue weighted by molar-refractivity contribution is -0.165. The molecule has 2 rings (SSSR count). The number of carboxylic acid groups (broad SMARTS) is 1. The fraction of sp³-hybridized carbons (Fsp3) is 0.778. The number of amides is 1. The molecule has 0 aromatic heterocycles. The van der Waals surface area contributed by atoms with Crippen molar-refractivity contribution in [3.63, 3.8) is 0 Å². The summed E-state index contributed by atoms with van der Waals surface area (Å²) in [5.41, 5.74) is 0. The van der Waals surface area contributed by atoms with Gasteiger partial charge in [0.1, 0.15) is 11.4 Å². The Morgan fingerprint density at radius 1 is 1.47 bits per heavy atom. The molecule has 0 bridgehead atoms. The van der Waals surface area contributed by atoms with Crippen LogP contribution in [0.3, 0.4) is 0 Å². The Morgan fingerprint density at radius 2 is 2.00 bits per heavy atom. The number of aliphatic hydroxyl groups excluding tert-OH is 1. The molecule has 2 fully saturated rings. The third-order valence-electron chi connectivity index (χ3n) is 3.61. The Hall–Kier alpha value is -1.15. The topological polar surface area (TPSA) is 112 Å². The number of aliphatic carboxylic acids is 1. The first kappa shape index (κ1) is 12.3. The summed E-state index contributed by atoms with van der Waals surface area (Å²) in [6, 6.07) is -1.38. The van der Waals surface area contributed by atoms with Crippen molar-refractivity contribution in [3.05, 3.63) is 0 Å². The Bertz CT molecular complexity index is 496. The van der Waals surface area contributed by atoms with E-state index in [-0.39, 0.29) is 0 Å². The summed E-state index contributed by atoms with van der Waals surface area (Å²) in [6.07, 6.45) is 0. The molecule has 2 saturated heterocycles. The number of rotatable bonds is 2. The fourth-order valence-corrected chi connectivity index (χ4v) is 4.88. The van der Waals surface area contributed by atoms with Gasteiger partial charge in [-0.15, -0.1) is 0 Å².